The van der Waals surface area contributed by atoms with Crippen molar-refractivity contribution in [1.82, 2.24) is 0 Å². The quantitative estimate of drug-likeness (QED) is 0.0262. The zero-order chi connectivity index (χ0) is 45.1. The Labute approximate surface area is 382 Å². The van der Waals surface area contributed by atoms with Crippen LogP contribution in [0.25, 0.3) is 0 Å². The van der Waals surface area contributed by atoms with E-state index in [0.717, 1.165) is 77.0 Å². The summed E-state index contributed by atoms with van der Waals surface area (Å²) in [5.74, 6) is -0.994. The van der Waals surface area contributed by atoms with Gasteiger partial charge in [-0.2, -0.15) is 0 Å². The van der Waals surface area contributed by atoms with Gasteiger partial charge in [0.1, 0.15) is 13.2 Å². The number of carbonyl (C=O) groups excluding carboxylic acids is 3. The van der Waals surface area contributed by atoms with Crippen LogP contribution in [0.5, 0.6) is 0 Å². The number of hydrogen-bond acceptors (Lipinski definition) is 6. The van der Waals surface area contributed by atoms with Crippen LogP contribution < -0.4 is 0 Å². The van der Waals surface area contributed by atoms with Gasteiger partial charge in [-0.3, -0.25) is 14.4 Å². The molecule has 0 bridgehead atoms. The highest BCUT2D eigenvalue weighted by molar-refractivity contribution is 5.71. The molecule has 6 nitrogen and oxygen atoms in total. The van der Waals surface area contributed by atoms with Gasteiger partial charge in [0.2, 0.25) is 0 Å². The van der Waals surface area contributed by atoms with Crippen molar-refractivity contribution >= 4 is 17.9 Å². The molecule has 0 heterocycles. The van der Waals surface area contributed by atoms with Crippen molar-refractivity contribution in [2.24, 2.45) is 0 Å². The van der Waals surface area contributed by atoms with Crippen LogP contribution in [0.4, 0.5) is 0 Å². The Morgan fingerprint density at radius 2 is 0.613 bits per heavy atom. The molecule has 0 amide bonds. The standard InChI is InChI=1S/C56H96O6/c1-4-7-10-13-16-19-22-25-26-27-28-29-30-32-34-37-40-43-46-49-55(58)61-52-53(51-60-54(57)48-45-42-39-36-33-24-21-18-15-12-9-6-3)62-56(59)50-47-44-41-38-35-31-23-20-17-14-11-8-5-2/h16,19-20,23,25-26,28-29,32,34,40,43,53H,4-15,17-18,21-22,24,27,30-31,33,35-39,41-42,44-52H2,1-3H3/b19-16-,23-20-,26-25-,29-28-,34-32-,43-40-/t53-/m0/s1. The van der Waals surface area contributed by atoms with Crippen LogP contribution in [-0.4, -0.2) is 37.2 Å². The van der Waals surface area contributed by atoms with Crippen LogP contribution in [0.2, 0.25) is 0 Å². The maximum atomic E-state index is 12.8. The van der Waals surface area contributed by atoms with E-state index in [2.05, 4.69) is 87.6 Å². The van der Waals surface area contributed by atoms with E-state index in [9.17, 15) is 14.4 Å². The first kappa shape index (κ1) is 58.9. The van der Waals surface area contributed by atoms with E-state index >= 15 is 0 Å². The third-order valence-corrected chi connectivity index (χ3v) is 10.9. The minimum Gasteiger partial charge on any atom is -0.462 e. The molecule has 6 heteroatoms. The average Bonchev–Trinajstić information content (AvgIpc) is 3.27. The molecule has 1 atom stereocenters. The number of hydrogen-bond donors (Lipinski definition) is 0. The third-order valence-electron chi connectivity index (χ3n) is 10.9. The van der Waals surface area contributed by atoms with Crippen molar-refractivity contribution in [2.75, 3.05) is 13.2 Å². The second-order valence-corrected chi connectivity index (χ2v) is 17.1. The smallest absolute Gasteiger partial charge is 0.306 e. The Morgan fingerprint density at radius 3 is 1.06 bits per heavy atom. The van der Waals surface area contributed by atoms with Gasteiger partial charge in [-0.15, -0.1) is 0 Å². The molecule has 0 N–H and O–H groups in total. The molecule has 0 radical (unpaired) electrons. The fraction of sp³-hybridized carbons (Fsp3) is 0.732. The second-order valence-electron chi connectivity index (χ2n) is 17.1. The van der Waals surface area contributed by atoms with Crippen molar-refractivity contribution in [3.8, 4) is 0 Å². The van der Waals surface area contributed by atoms with Crippen molar-refractivity contribution in [2.45, 2.75) is 252 Å². The first-order valence-corrected chi connectivity index (χ1v) is 25.9. The largest absolute Gasteiger partial charge is 0.462 e. The summed E-state index contributed by atoms with van der Waals surface area (Å²) >= 11 is 0. The zero-order valence-corrected chi connectivity index (χ0v) is 40.6. The van der Waals surface area contributed by atoms with Gasteiger partial charge in [0, 0.05) is 19.3 Å². The lowest BCUT2D eigenvalue weighted by Gasteiger charge is -2.18. The molecule has 356 valence electrons. The molecule has 0 saturated carbocycles. The van der Waals surface area contributed by atoms with Crippen LogP contribution in [-0.2, 0) is 28.6 Å². The summed E-state index contributed by atoms with van der Waals surface area (Å²) in [5, 5.41) is 0. The molecule has 0 fully saturated rings. The second kappa shape index (κ2) is 50.5. The van der Waals surface area contributed by atoms with Crippen molar-refractivity contribution in [1.29, 1.82) is 0 Å². The van der Waals surface area contributed by atoms with Gasteiger partial charge in [0.15, 0.2) is 6.10 Å². The highest BCUT2D eigenvalue weighted by Gasteiger charge is 2.19. The number of rotatable bonds is 46. The van der Waals surface area contributed by atoms with E-state index < -0.39 is 6.10 Å². The number of carbonyl (C=O) groups is 3. The van der Waals surface area contributed by atoms with Gasteiger partial charge < -0.3 is 14.2 Å². The van der Waals surface area contributed by atoms with E-state index in [1.165, 1.54) is 122 Å². The predicted octanol–water partition coefficient (Wildman–Crippen LogP) is 17.0. The lowest BCUT2D eigenvalue weighted by molar-refractivity contribution is -0.166. The molecule has 0 spiro atoms. The Kier molecular flexibility index (Phi) is 47.9. The summed E-state index contributed by atoms with van der Waals surface area (Å²) in [5.41, 5.74) is 0. The minimum absolute atomic E-state index is 0.1000. The lowest BCUT2D eigenvalue weighted by atomic mass is 10.0. The van der Waals surface area contributed by atoms with Crippen LogP contribution in [0.1, 0.15) is 245 Å². The Bertz CT molecular complexity index is 1180. The lowest BCUT2D eigenvalue weighted by Crippen LogP contribution is -2.30. The van der Waals surface area contributed by atoms with Gasteiger partial charge in [0.25, 0.3) is 0 Å². The van der Waals surface area contributed by atoms with E-state index in [0.29, 0.717) is 19.3 Å². The summed E-state index contributed by atoms with van der Waals surface area (Å²) < 4.78 is 16.7. The molecule has 0 aromatic carbocycles. The molecule has 0 aliphatic carbocycles. The van der Waals surface area contributed by atoms with Crippen molar-refractivity contribution in [3.63, 3.8) is 0 Å². The topological polar surface area (TPSA) is 78.9 Å². The Morgan fingerprint density at radius 1 is 0.323 bits per heavy atom. The Balaban J connectivity index is 4.48. The highest BCUT2D eigenvalue weighted by Crippen LogP contribution is 2.14. The first-order valence-electron chi connectivity index (χ1n) is 25.9. The number of allylic oxidation sites excluding steroid dienone is 12. The van der Waals surface area contributed by atoms with Crippen LogP contribution in [0, 0.1) is 0 Å². The molecule has 0 aliphatic rings. The summed E-state index contributed by atoms with van der Waals surface area (Å²) in [6.45, 7) is 6.52. The summed E-state index contributed by atoms with van der Waals surface area (Å²) in [4.78, 5) is 37.9. The van der Waals surface area contributed by atoms with Gasteiger partial charge in [-0.25, -0.2) is 0 Å². The zero-order valence-electron chi connectivity index (χ0n) is 40.6. The maximum absolute atomic E-state index is 12.8. The van der Waals surface area contributed by atoms with Gasteiger partial charge >= 0.3 is 17.9 Å². The van der Waals surface area contributed by atoms with E-state index in [1.807, 2.05) is 6.08 Å². The number of ether oxygens (including phenoxy) is 3. The molecule has 0 aromatic heterocycles. The van der Waals surface area contributed by atoms with Crippen LogP contribution in [0.3, 0.4) is 0 Å². The molecule has 0 aliphatic heterocycles. The first-order chi connectivity index (χ1) is 30.5. The predicted molar refractivity (Wildman–Crippen MR) is 265 cm³/mol. The van der Waals surface area contributed by atoms with Crippen molar-refractivity contribution in [3.05, 3.63) is 72.9 Å². The van der Waals surface area contributed by atoms with Crippen LogP contribution in [0.15, 0.2) is 72.9 Å². The van der Waals surface area contributed by atoms with E-state index in [-0.39, 0.29) is 37.5 Å². The normalized spacial score (nSPS) is 12.6. The SMILES string of the molecule is CCCCC/C=C\C/C=C\C/C=C\C/C=C\C/C=C\CCC(=O)OC[C@H](COC(=O)CCCCCCCCCCCCCC)OC(=O)CCCCCCC/C=C\CCCCCC. The Hall–Kier alpha value is -3.15. The molecule has 0 rings (SSSR count). The summed E-state index contributed by atoms with van der Waals surface area (Å²) in [6.07, 6.45) is 63.2. The minimum atomic E-state index is -0.806. The molecular weight excluding hydrogens is 769 g/mol. The molecule has 0 unspecified atom stereocenters. The fourth-order valence-electron chi connectivity index (χ4n) is 7.01. The third kappa shape index (κ3) is 47.9. The highest BCUT2D eigenvalue weighted by atomic mass is 16.6. The van der Waals surface area contributed by atoms with E-state index in [4.69, 9.17) is 14.2 Å². The average molecular weight is 865 g/mol. The number of unbranched alkanes of at least 4 members (excludes halogenated alkanes) is 23. The molecule has 62 heavy (non-hydrogen) atoms. The van der Waals surface area contributed by atoms with Gasteiger partial charge in [-0.05, 0) is 83.5 Å². The van der Waals surface area contributed by atoms with Crippen LogP contribution >= 0.6 is 0 Å². The fourth-order valence-corrected chi connectivity index (χ4v) is 7.01. The van der Waals surface area contributed by atoms with E-state index in [1.54, 1.807) is 0 Å². The summed E-state index contributed by atoms with van der Waals surface area (Å²) in [7, 11) is 0. The molecular formula is C56H96O6. The van der Waals surface area contributed by atoms with Gasteiger partial charge in [-0.1, -0.05) is 216 Å². The molecule has 0 aromatic rings. The maximum Gasteiger partial charge on any atom is 0.306 e. The van der Waals surface area contributed by atoms with Crippen molar-refractivity contribution < 1.29 is 28.6 Å². The van der Waals surface area contributed by atoms with Gasteiger partial charge in [0.05, 0.1) is 0 Å². The summed E-state index contributed by atoms with van der Waals surface area (Å²) in [6, 6.07) is 0. The number of esters is 3. The molecule has 0 saturated heterocycles. The monoisotopic (exact) mass is 865 g/mol.